The summed E-state index contributed by atoms with van der Waals surface area (Å²) in [5.74, 6) is 0.285. The summed E-state index contributed by atoms with van der Waals surface area (Å²) in [5, 5.41) is 2.92. The number of carbonyl (C=O) groups excluding carboxylic acids is 1. The number of hydrogen-bond donors (Lipinski definition) is 2. The Morgan fingerprint density at radius 1 is 1.47 bits per heavy atom. The van der Waals surface area contributed by atoms with Crippen LogP contribution in [0, 0.1) is 5.92 Å². The van der Waals surface area contributed by atoms with E-state index in [9.17, 15) is 9.59 Å². The van der Waals surface area contributed by atoms with Gasteiger partial charge in [0.05, 0.1) is 0 Å². The van der Waals surface area contributed by atoms with E-state index in [1.165, 1.54) is 44.1 Å². The van der Waals surface area contributed by atoms with Crippen molar-refractivity contribution < 1.29 is 4.79 Å². The zero-order valence-electron chi connectivity index (χ0n) is 10.0. The fraction of sp³-hybridized carbons (Fsp3) is 0.538. The molecule has 1 aromatic heterocycles. The van der Waals surface area contributed by atoms with E-state index in [4.69, 9.17) is 0 Å². The van der Waals surface area contributed by atoms with Gasteiger partial charge >= 0.3 is 0 Å². The van der Waals surface area contributed by atoms with Crippen molar-refractivity contribution in [2.75, 3.05) is 0 Å². The van der Waals surface area contributed by atoms with E-state index in [1.54, 1.807) is 0 Å². The van der Waals surface area contributed by atoms with Gasteiger partial charge in [-0.1, -0.05) is 12.8 Å². The Morgan fingerprint density at radius 2 is 2.18 bits per heavy atom. The van der Waals surface area contributed by atoms with Crippen LogP contribution in [0.2, 0.25) is 0 Å². The number of pyridine rings is 1. The summed E-state index contributed by atoms with van der Waals surface area (Å²) in [6, 6.07) is 1.51. The number of hydrogen-bond acceptors (Lipinski definition) is 2. The van der Waals surface area contributed by atoms with Crippen molar-refractivity contribution in [1.29, 1.82) is 0 Å². The first kappa shape index (κ1) is 11.9. The number of aromatic amines is 1. The first-order chi connectivity index (χ1) is 8.18. The molecule has 1 atom stereocenters. The van der Waals surface area contributed by atoms with Crippen LogP contribution >= 0.6 is 0 Å². The van der Waals surface area contributed by atoms with Crippen LogP contribution in [0.4, 0.5) is 0 Å². The molecule has 1 saturated carbocycles. The second-order valence-corrected chi connectivity index (χ2v) is 4.73. The van der Waals surface area contributed by atoms with Gasteiger partial charge in [-0.2, -0.15) is 0 Å². The molecule has 1 heterocycles. The average molecular weight is 234 g/mol. The van der Waals surface area contributed by atoms with Gasteiger partial charge in [-0.3, -0.25) is 9.59 Å². The Kier molecular flexibility index (Phi) is 3.61. The minimum Gasteiger partial charge on any atom is -0.367 e. The zero-order chi connectivity index (χ0) is 12.3. The minimum absolute atomic E-state index is 0.143. The van der Waals surface area contributed by atoms with Gasteiger partial charge in [-0.05, 0) is 25.7 Å². The molecule has 0 saturated heterocycles. The molecule has 1 aliphatic rings. The largest absolute Gasteiger partial charge is 0.367 e. The summed E-state index contributed by atoms with van der Waals surface area (Å²) >= 11 is 0. The van der Waals surface area contributed by atoms with Crippen molar-refractivity contribution in [2.24, 2.45) is 5.92 Å². The molecular weight excluding hydrogens is 216 g/mol. The number of amides is 1. The fourth-order valence-electron chi connectivity index (χ4n) is 2.45. The van der Waals surface area contributed by atoms with Gasteiger partial charge in [0, 0.05) is 24.5 Å². The summed E-state index contributed by atoms with van der Waals surface area (Å²) in [6.45, 7) is 2.02. The second-order valence-electron chi connectivity index (χ2n) is 4.73. The van der Waals surface area contributed by atoms with E-state index < -0.39 is 0 Å². The first-order valence-corrected chi connectivity index (χ1v) is 6.16. The van der Waals surface area contributed by atoms with Gasteiger partial charge in [0.15, 0.2) is 5.43 Å². The van der Waals surface area contributed by atoms with Gasteiger partial charge in [-0.15, -0.1) is 0 Å². The molecule has 0 bridgehead atoms. The van der Waals surface area contributed by atoms with Crippen molar-refractivity contribution >= 4 is 5.91 Å². The smallest absolute Gasteiger partial charge is 0.256 e. The van der Waals surface area contributed by atoms with Crippen LogP contribution in [0.1, 0.15) is 43.0 Å². The number of rotatable bonds is 3. The van der Waals surface area contributed by atoms with Crippen LogP contribution in [0.15, 0.2) is 23.3 Å². The van der Waals surface area contributed by atoms with Crippen LogP contribution in [-0.4, -0.2) is 16.9 Å². The normalized spacial score (nSPS) is 17.9. The minimum atomic E-state index is -0.272. The third-order valence-corrected chi connectivity index (χ3v) is 3.53. The molecule has 0 radical (unpaired) electrons. The monoisotopic (exact) mass is 234 g/mol. The summed E-state index contributed by atoms with van der Waals surface area (Å²) in [6.07, 6.45) is 7.82. The predicted octanol–water partition coefficient (Wildman–Crippen LogP) is 1.68. The Bertz CT molecular complexity index is 447. The number of carbonyl (C=O) groups is 1. The molecule has 1 unspecified atom stereocenters. The van der Waals surface area contributed by atoms with Crippen LogP contribution in [0.25, 0.3) is 0 Å². The lowest BCUT2D eigenvalue weighted by molar-refractivity contribution is 0.0926. The molecule has 4 nitrogen and oxygen atoms in total. The highest BCUT2D eigenvalue weighted by Crippen LogP contribution is 2.27. The van der Waals surface area contributed by atoms with E-state index in [2.05, 4.69) is 10.3 Å². The lowest BCUT2D eigenvalue weighted by Crippen LogP contribution is -2.39. The molecule has 1 aliphatic carbocycles. The molecule has 0 spiro atoms. The Hall–Kier alpha value is -1.58. The van der Waals surface area contributed by atoms with Crippen molar-refractivity contribution in [3.8, 4) is 0 Å². The van der Waals surface area contributed by atoms with E-state index in [1.807, 2.05) is 6.92 Å². The SMILES string of the molecule is CC(NC(=O)c1c[nH]ccc1=O)C1CCCC1. The fourth-order valence-corrected chi connectivity index (χ4v) is 2.45. The van der Waals surface area contributed by atoms with Gasteiger partial charge in [0.1, 0.15) is 5.56 Å². The zero-order valence-corrected chi connectivity index (χ0v) is 10.0. The average Bonchev–Trinajstić information content (AvgIpc) is 2.82. The lowest BCUT2D eigenvalue weighted by Gasteiger charge is -2.20. The summed E-state index contributed by atoms with van der Waals surface area (Å²) in [4.78, 5) is 26.1. The summed E-state index contributed by atoms with van der Waals surface area (Å²) in [5.41, 5.74) is -0.0442. The topological polar surface area (TPSA) is 62.0 Å². The van der Waals surface area contributed by atoms with Crippen LogP contribution in [0.3, 0.4) is 0 Å². The van der Waals surface area contributed by atoms with Gasteiger partial charge in [-0.25, -0.2) is 0 Å². The van der Waals surface area contributed by atoms with Crippen molar-refractivity contribution in [2.45, 2.75) is 38.6 Å². The highest BCUT2D eigenvalue weighted by Gasteiger charge is 2.23. The maximum absolute atomic E-state index is 11.9. The molecule has 0 aromatic carbocycles. The van der Waals surface area contributed by atoms with Crippen molar-refractivity contribution in [1.82, 2.24) is 10.3 Å². The van der Waals surface area contributed by atoms with Crippen LogP contribution in [0.5, 0.6) is 0 Å². The highest BCUT2D eigenvalue weighted by atomic mass is 16.2. The highest BCUT2D eigenvalue weighted by molar-refractivity contribution is 5.93. The summed E-state index contributed by atoms with van der Waals surface area (Å²) in [7, 11) is 0. The van der Waals surface area contributed by atoms with Gasteiger partial charge in [0.25, 0.3) is 5.91 Å². The molecule has 2 N–H and O–H groups in total. The van der Waals surface area contributed by atoms with E-state index >= 15 is 0 Å². The predicted molar refractivity (Wildman–Crippen MR) is 65.9 cm³/mol. The summed E-state index contributed by atoms with van der Waals surface area (Å²) < 4.78 is 0. The van der Waals surface area contributed by atoms with Gasteiger partial charge < -0.3 is 10.3 Å². The number of aromatic nitrogens is 1. The van der Waals surface area contributed by atoms with Crippen molar-refractivity contribution in [3.05, 3.63) is 34.2 Å². The molecule has 4 heteroatoms. The molecule has 0 aliphatic heterocycles. The Labute approximate surface area is 100 Å². The number of H-pyrrole nitrogens is 1. The molecule has 92 valence electrons. The second kappa shape index (κ2) is 5.17. The maximum atomic E-state index is 11.9. The third kappa shape index (κ3) is 2.75. The van der Waals surface area contributed by atoms with Gasteiger partial charge in [0.2, 0.25) is 0 Å². The van der Waals surface area contributed by atoms with Crippen LogP contribution < -0.4 is 10.7 Å². The molecule has 1 amide bonds. The van der Waals surface area contributed by atoms with Crippen LogP contribution in [-0.2, 0) is 0 Å². The molecule has 1 fully saturated rings. The molecule has 17 heavy (non-hydrogen) atoms. The van der Waals surface area contributed by atoms with E-state index in [-0.39, 0.29) is 22.9 Å². The molecule has 1 aromatic rings. The first-order valence-electron chi connectivity index (χ1n) is 6.16. The number of nitrogens with one attached hydrogen (secondary N) is 2. The van der Waals surface area contributed by atoms with E-state index in [0.717, 1.165) is 0 Å². The standard InChI is InChI=1S/C13H18N2O2/c1-9(10-4-2-3-5-10)15-13(17)11-8-14-7-6-12(11)16/h6-10H,2-5H2,1H3,(H,14,16)(H,15,17). The Balaban J connectivity index is 2.01. The quantitative estimate of drug-likeness (QED) is 0.836. The molecular formula is C13H18N2O2. The van der Waals surface area contributed by atoms with Crippen molar-refractivity contribution in [3.63, 3.8) is 0 Å². The third-order valence-electron chi connectivity index (χ3n) is 3.53. The van der Waals surface area contributed by atoms with E-state index in [0.29, 0.717) is 5.92 Å². The Morgan fingerprint density at radius 3 is 2.82 bits per heavy atom. The maximum Gasteiger partial charge on any atom is 0.256 e. The molecule has 2 rings (SSSR count). The lowest BCUT2D eigenvalue weighted by atomic mass is 9.99.